The molecule has 1 unspecified atom stereocenters. The minimum atomic E-state index is -0.598. The smallest absolute Gasteiger partial charge is 0.433 e. The molecule has 2 rings (SSSR count). The number of furan rings is 1. The molecule has 2 aromatic rings. The molecule has 0 fully saturated rings. The normalized spacial score (nSPS) is 12.2. The van der Waals surface area contributed by atoms with Crippen LogP contribution >= 0.6 is 15.9 Å². The fraction of sp³-hybridized carbons (Fsp3) is 0.167. The van der Waals surface area contributed by atoms with E-state index in [-0.39, 0.29) is 5.88 Å². The number of ether oxygens (including phenoxy) is 1. The number of rotatable bonds is 4. The molecule has 0 saturated heterocycles. The lowest BCUT2D eigenvalue weighted by atomic mass is 10.1. The highest BCUT2D eigenvalue weighted by molar-refractivity contribution is 9.10. The average molecular weight is 327 g/mol. The van der Waals surface area contributed by atoms with Crippen LogP contribution in [-0.4, -0.2) is 12.0 Å². The van der Waals surface area contributed by atoms with Crippen molar-refractivity contribution in [3.05, 3.63) is 56.2 Å². The van der Waals surface area contributed by atoms with Crippen molar-refractivity contribution in [2.24, 2.45) is 5.73 Å². The van der Waals surface area contributed by atoms with Crippen LogP contribution in [0, 0.1) is 10.1 Å². The van der Waals surface area contributed by atoms with E-state index in [1.807, 2.05) is 0 Å². The van der Waals surface area contributed by atoms with Gasteiger partial charge in [0.05, 0.1) is 19.2 Å². The van der Waals surface area contributed by atoms with E-state index in [4.69, 9.17) is 14.9 Å². The van der Waals surface area contributed by atoms with Gasteiger partial charge < -0.3 is 14.9 Å². The van der Waals surface area contributed by atoms with Gasteiger partial charge in [-0.25, -0.2) is 0 Å². The van der Waals surface area contributed by atoms with Crippen LogP contribution in [0.1, 0.15) is 17.4 Å². The molecule has 0 saturated carbocycles. The first kappa shape index (κ1) is 13.6. The minimum Gasteiger partial charge on any atom is -0.497 e. The molecule has 19 heavy (non-hydrogen) atoms. The Morgan fingerprint density at radius 3 is 2.68 bits per heavy atom. The van der Waals surface area contributed by atoms with Crippen LogP contribution in [0.3, 0.4) is 0 Å². The van der Waals surface area contributed by atoms with Crippen molar-refractivity contribution >= 4 is 21.8 Å². The van der Waals surface area contributed by atoms with Crippen molar-refractivity contribution in [2.75, 3.05) is 7.11 Å². The summed E-state index contributed by atoms with van der Waals surface area (Å²) >= 11 is 3.39. The molecule has 2 N–H and O–H groups in total. The fourth-order valence-corrected chi connectivity index (χ4v) is 2.25. The van der Waals surface area contributed by atoms with Gasteiger partial charge in [-0.1, -0.05) is 22.0 Å². The standard InChI is InChI=1S/C12H11BrN2O4/c1-18-7-2-3-8(9(13)6-7)12(14)10-4-5-11(19-10)15(16)17/h2-6,12H,14H2,1H3. The fourth-order valence-electron chi connectivity index (χ4n) is 1.65. The molecule has 0 amide bonds. The molecule has 6 nitrogen and oxygen atoms in total. The van der Waals surface area contributed by atoms with Gasteiger partial charge in [0.2, 0.25) is 0 Å². The van der Waals surface area contributed by atoms with E-state index >= 15 is 0 Å². The number of hydrogen-bond donors (Lipinski definition) is 1. The lowest BCUT2D eigenvalue weighted by Gasteiger charge is -2.12. The highest BCUT2D eigenvalue weighted by Gasteiger charge is 2.20. The number of nitrogens with zero attached hydrogens (tertiary/aromatic N) is 1. The molecular weight excluding hydrogens is 316 g/mol. The van der Waals surface area contributed by atoms with Crippen molar-refractivity contribution < 1.29 is 14.1 Å². The van der Waals surface area contributed by atoms with E-state index in [1.54, 1.807) is 25.3 Å². The number of nitrogens with two attached hydrogens (primary N) is 1. The summed E-state index contributed by atoms with van der Waals surface area (Å²) in [6.07, 6.45) is 0. The Bertz CT molecular complexity index is 612. The molecule has 0 aliphatic carbocycles. The van der Waals surface area contributed by atoms with Gasteiger partial charge in [-0.15, -0.1) is 0 Å². The quantitative estimate of drug-likeness (QED) is 0.688. The van der Waals surface area contributed by atoms with Gasteiger partial charge >= 0.3 is 5.88 Å². The summed E-state index contributed by atoms with van der Waals surface area (Å²) in [7, 11) is 1.57. The minimum absolute atomic E-state index is 0.324. The summed E-state index contributed by atoms with van der Waals surface area (Å²) in [6.45, 7) is 0. The summed E-state index contributed by atoms with van der Waals surface area (Å²) in [6, 6.07) is 7.51. The van der Waals surface area contributed by atoms with E-state index in [9.17, 15) is 10.1 Å². The highest BCUT2D eigenvalue weighted by atomic mass is 79.9. The van der Waals surface area contributed by atoms with Crippen molar-refractivity contribution in [1.82, 2.24) is 0 Å². The zero-order chi connectivity index (χ0) is 14.0. The number of methoxy groups -OCH3 is 1. The predicted molar refractivity (Wildman–Crippen MR) is 72.1 cm³/mol. The largest absolute Gasteiger partial charge is 0.497 e. The predicted octanol–water partition coefficient (Wildman–Crippen LogP) is 3.01. The van der Waals surface area contributed by atoms with Crippen molar-refractivity contribution in [2.45, 2.75) is 6.04 Å². The van der Waals surface area contributed by atoms with Crippen LogP contribution in [0.4, 0.5) is 5.88 Å². The number of halogens is 1. The van der Waals surface area contributed by atoms with Crippen LogP contribution in [0.2, 0.25) is 0 Å². The van der Waals surface area contributed by atoms with Crippen molar-refractivity contribution in [3.63, 3.8) is 0 Å². The molecule has 1 heterocycles. The molecule has 0 aliphatic rings. The maximum Gasteiger partial charge on any atom is 0.433 e. The first-order valence-corrected chi connectivity index (χ1v) is 6.15. The zero-order valence-corrected chi connectivity index (χ0v) is 11.6. The van der Waals surface area contributed by atoms with Crippen LogP contribution in [0.15, 0.2) is 39.2 Å². The van der Waals surface area contributed by atoms with Crippen molar-refractivity contribution in [1.29, 1.82) is 0 Å². The maximum atomic E-state index is 10.6. The third-order valence-corrected chi connectivity index (χ3v) is 3.33. The molecular formula is C12H11BrN2O4. The number of hydrogen-bond acceptors (Lipinski definition) is 5. The zero-order valence-electron chi connectivity index (χ0n) is 10.00. The first-order valence-electron chi connectivity index (χ1n) is 5.36. The van der Waals surface area contributed by atoms with E-state index in [1.165, 1.54) is 12.1 Å². The van der Waals surface area contributed by atoms with E-state index in [0.29, 0.717) is 11.5 Å². The molecule has 0 spiro atoms. The summed E-state index contributed by atoms with van der Waals surface area (Å²) in [5.74, 6) is 0.695. The Morgan fingerprint density at radius 1 is 1.42 bits per heavy atom. The monoisotopic (exact) mass is 326 g/mol. The Labute approximate surface area is 117 Å². The van der Waals surface area contributed by atoms with Crippen LogP contribution in [-0.2, 0) is 0 Å². The second kappa shape index (κ2) is 5.41. The van der Waals surface area contributed by atoms with Gasteiger partial charge in [0, 0.05) is 4.47 Å². The Morgan fingerprint density at radius 2 is 2.16 bits per heavy atom. The van der Waals surface area contributed by atoms with Crippen molar-refractivity contribution in [3.8, 4) is 5.75 Å². The third-order valence-electron chi connectivity index (χ3n) is 2.64. The lowest BCUT2D eigenvalue weighted by Crippen LogP contribution is -2.11. The molecule has 1 aromatic carbocycles. The Balaban J connectivity index is 2.32. The highest BCUT2D eigenvalue weighted by Crippen LogP contribution is 2.31. The molecule has 100 valence electrons. The summed E-state index contributed by atoms with van der Waals surface area (Å²) in [4.78, 5) is 9.97. The SMILES string of the molecule is COc1ccc(C(N)c2ccc([N+](=O)[O-])o2)c(Br)c1. The average Bonchev–Trinajstić information content (AvgIpc) is 2.87. The van der Waals surface area contributed by atoms with Gasteiger partial charge in [-0.3, -0.25) is 10.1 Å². The Hall–Kier alpha value is -1.86. The lowest BCUT2D eigenvalue weighted by molar-refractivity contribution is -0.402. The second-order valence-corrected chi connectivity index (χ2v) is 4.65. The first-order chi connectivity index (χ1) is 9.02. The van der Waals surface area contributed by atoms with Gasteiger partial charge in [-0.2, -0.15) is 0 Å². The topological polar surface area (TPSA) is 91.5 Å². The van der Waals surface area contributed by atoms with Crippen LogP contribution in [0.5, 0.6) is 5.75 Å². The van der Waals surface area contributed by atoms with E-state index in [0.717, 1.165) is 10.0 Å². The van der Waals surface area contributed by atoms with E-state index in [2.05, 4.69) is 15.9 Å². The third kappa shape index (κ3) is 2.77. The van der Waals surface area contributed by atoms with Crippen LogP contribution < -0.4 is 10.5 Å². The van der Waals surface area contributed by atoms with Gasteiger partial charge in [-0.05, 0) is 23.8 Å². The summed E-state index contributed by atoms with van der Waals surface area (Å²) in [5.41, 5.74) is 6.79. The molecule has 1 aromatic heterocycles. The molecule has 1 atom stereocenters. The molecule has 0 radical (unpaired) electrons. The summed E-state index contributed by atoms with van der Waals surface area (Å²) < 4.78 is 10.9. The number of nitro groups is 1. The second-order valence-electron chi connectivity index (χ2n) is 3.80. The molecule has 0 bridgehead atoms. The van der Waals surface area contributed by atoms with Gasteiger partial charge in [0.25, 0.3) is 0 Å². The molecule has 7 heteroatoms. The van der Waals surface area contributed by atoms with E-state index < -0.39 is 11.0 Å². The summed E-state index contributed by atoms with van der Waals surface area (Å²) in [5, 5.41) is 10.6. The Kier molecular flexibility index (Phi) is 3.87. The van der Waals surface area contributed by atoms with Gasteiger partial charge in [0.1, 0.15) is 16.4 Å². The number of benzene rings is 1. The molecule has 0 aliphatic heterocycles. The van der Waals surface area contributed by atoms with Crippen LogP contribution in [0.25, 0.3) is 0 Å². The maximum absolute atomic E-state index is 10.6. The van der Waals surface area contributed by atoms with Gasteiger partial charge in [0.15, 0.2) is 0 Å².